The van der Waals surface area contributed by atoms with Crippen molar-refractivity contribution in [1.29, 1.82) is 0 Å². The summed E-state index contributed by atoms with van der Waals surface area (Å²) in [5.74, 6) is 0.989. The molecule has 1 unspecified atom stereocenters. The summed E-state index contributed by atoms with van der Waals surface area (Å²) in [4.78, 5) is 4.24. The topological polar surface area (TPSA) is 45.2 Å². The summed E-state index contributed by atoms with van der Waals surface area (Å²) in [5, 5.41) is 14.6. The number of halogens is 1. The van der Waals surface area contributed by atoms with Gasteiger partial charge in [-0.2, -0.15) is 0 Å². The van der Waals surface area contributed by atoms with Gasteiger partial charge in [0.25, 0.3) is 0 Å². The molecule has 0 fully saturated rings. The van der Waals surface area contributed by atoms with Crippen LogP contribution in [0.5, 0.6) is 5.75 Å². The van der Waals surface area contributed by atoms with Gasteiger partial charge in [-0.3, -0.25) is 0 Å². The number of pyridine rings is 1. The molecular weight excluding hydrogens is 224 g/mol. The fourth-order valence-corrected chi connectivity index (χ4v) is 1.61. The minimum Gasteiger partial charge on any atom is -0.508 e. The number of hydrogen-bond acceptors (Lipinski definition) is 3. The van der Waals surface area contributed by atoms with Gasteiger partial charge in [-0.1, -0.05) is 6.07 Å². The molecule has 1 atom stereocenters. The van der Waals surface area contributed by atoms with Crippen molar-refractivity contribution in [3.8, 4) is 5.75 Å². The lowest BCUT2D eigenvalue weighted by atomic mass is 10.1. The lowest BCUT2D eigenvalue weighted by Gasteiger charge is -2.09. The summed E-state index contributed by atoms with van der Waals surface area (Å²) < 4.78 is 0. The van der Waals surface area contributed by atoms with Crippen molar-refractivity contribution in [3.05, 3.63) is 30.5 Å². The fraction of sp³-hybridized carbons (Fsp3) is 0.250. The molecule has 2 rings (SSSR count). The standard InChI is InChI=1S/C12H13ClN2O/c1-8(13)7-15-12-11-6-10(16)3-2-9(11)4-5-14-12/h2-6,8,16H,7H2,1H3,(H,14,15). The maximum Gasteiger partial charge on any atom is 0.133 e. The Kier molecular flexibility index (Phi) is 3.15. The monoisotopic (exact) mass is 236 g/mol. The molecule has 0 saturated heterocycles. The molecule has 4 heteroatoms. The summed E-state index contributed by atoms with van der Waals surface area (Å²) in [6.45, 7) is 2.56. The molecule has 0 aliphatic rings. The number of aromatic hydroxyl groups is 1. The zero-order valence-electron chi connectivity index (χ0n) is 8.94. The summed E-state index contributed by atoms with van der Waals surface area (Å²) >= 11 is 5.87. The van der Waals surface area contributed by atoms with Gasteiger partial charge in [0, 0.05) is 23.5 Å². The number of nitrogens with one attached hydrogen (secondary N) is 1. The third-order valence-electron chi connectivity index (χ3n) is 2.30. The number of benzene rings is 1. The molecule has 1 heterocycles. The predicted molar refractivity (Wildman–Crippen MR) is 67.2 cm³/mol. The van der Waals surface area contributed by atoms with Gasteiger partial charge in [0.15, 0.2) is 0 Å². The van der Waals surface area contributed by atoms with Crippen LogP contribution in [0.3, 0.4) is 0 Å². The van der Waals surface area contributed by atoms with Gasteiger partial charge >= 0.3 is 0 Å². The third kappa shape index (κ3) is 2.36. The highest BCUT2D eigenvalue weighted by atomic mass is 35.5. The molecule has 1 aromatic carbocycles. The number of hydrogen-bond donors (Lipinski definition) is 2. The Morgan fingerprint density at radius 3 is 3.00 bits per heavy atom. The smallest absolute Gasteiger partial charge is 0.133 e. The second-order valence-electron chi connectivity index (χ2n) is 3.73. The van der Waals surface area contributed by atoms with Gasteiger partial charge in [0.2, 0.25) is 0 Å². The summed E-state index contributed by atoms with van der Waals surface area (Å²) in [6, 6.07) is 7.13. The van der Waals surface area contributed by atoms with Gasteiger partial charge in [-0.15, -0.1) is 11.6 Å². The van der Waals surface area contributed by atoms with Gasteiger partial charge in [-0.05, 0) is 30.5 Å². The average molecular weight is 237 g/mol. The number of rotatable bonds is 3. The predicted octanol–water partition coefficient (Wildman–Crippen LogP) is 2.98. The normalized spacial score (nSPS) is 12.6. The van der Waals surface area contributed by atoms with Crippen molar-refractivity contribution in [2.75, 3.05) is 11.9 Å². The molecule has 0 radical (unpaired) electrons. The van der Waals surface area contributed by atoms with E-state index < -0.39 is 0 Å². The molecular formula is C12H13ClN2O. The van der Waals surface area contributed by atoms with E-state index in [4.69, 9.17) is 11.6 Å². The third-order valence-corrected chi connectivity index (χ3v) is 2.45. The van der Waals surface area contributed by atoms with Gasteiger partial charge < -0.3 is 10.4 Å². The molecule has 0 bridgehead atoms. The molecule has 0 aliphatic heterocycles. The highest BCUT2D eigenvalue weighted by Gasteiger charge is 2.04. The lowest BCUT2D eigenvalue weighted by Crippen LogP contribution is -2.11. The van der Waals surface area contributed by atoms with E-state index in [1.165, 1.54) is 0 Å². The van der Waals surface area contributed by atoms with Crippen LogP contribution >= 0.6 is 11.6 Å². The van der Waals surface area contributed by atoms with E-state index >= 15 is 0 Å². The molecule has 1 aromatic heterocycles. The molecule has 2 aromatic rings. The fourth-order valence-electron chi connectivity index (χ4n) is 1.53. The average Bonchev–Trinajstić information content (AvgIpc) is 2.26. The number of phenols is 1. The van der Waals surface area contributed by atoms with Crippen LogP contribution in [-0.4, -0.2) is 22.0 Å². The van der Waals surface area contributed by atoms with E-state index in [-0.39, 0.29) is 11.1 Å². The number of phenolic OH excluding ortho intramolecular Hbond substituents is 1. The zero-order chi connectivity index (χ0) is 11.5. The summed E-state index contributed by atoms with van der Waals surface area (Å²) in [5.41, 5.74) is 0. The zero-order valence-corrected chi connectivity index (χ0v) is 9.70. The van der Waals surface area contributed by atoms with Crippen molar-refractivity contribution in [2.24, 2.45) is 0 Å². The lowest BCUT2D eigenvalue weighted by molar-refractivity contribution is 0.476. The van der Waals surface area contributed by atoms with E-state index in [9.17, 15) is 5.11 Å². The Hall–Kier alpha value is -1.48. The number of nitrogens with zero attached hydrogens (tertiary/aromatic N) is 1. The molecule has 0 aliphatic carbocycles. The summed E-state index contributed by atoms with van der Waals surface area (Å²) in [6.07, 6.45) is 1.74. The van der Waals surface area contributed by atoms with Crippen LogP contribution in [0.1, 0.15) is 6.92 Å². The van der Waals surface area contributed by atoms with Gasteiger partial charge in [-0.25, -0.2) is 4.98 Å². The van der Waals surface area contributed by atoms with E-state index in [1.807, 2.05) is 19.1 Å². The highest BCUT2D eigenvalue weighted by molar-refractivity contribution is 6.20. The first-order chi connectivity index (χ1) is 7.66. The van der Waals surface area contributed by atoms with Crippen molar-refractivity contribution in [1.82, 2.24) is 4.98 Å². The second-order valence-corrected chi connectivity index (χ2v) is 4.47. The minimum absolute atomic E-state index is 0.0364. The van der Waals surface area contributed by atoms with Crippen molar-refractivity contribution < 1.29 is 5.11 Å². The van der Waals surface area contributed by atoms with Gasteiger partial charge in [0.1, 0.15) is 11.6 Å². The van der Waals surface area contributed by atoms with Crippen LogP contribution < -0.4 is 5.32 Å². The Morgan fingerprint density at radius 2 is 2.25 bits per heavy atom. The number of anilines is 1. The van der Waals surface area contributed by atoms with Gasteiger partial charge in [0.05, 0.1) is 0 Å². The molecule has 0 amide bonds. The maximum absolute atomic E-state index is 9.45. The molecule has 0 spiro atoms. The number of aromatic nitrogens is 1. The summed E-state index contributed by atoms with van der Waals surface area (Å²) in [7, 11) is 0. The van der Waals surface area contributed by atoms with Crippen molar-refractivity contribution >= 4 is 28.2 Å². The highest BCUT2D eigenvalue weighted by Crippen LogP contribution is 2.25. The van der Waals surface area contributed by atoms with Crippen LogP contribution in [0.2, 0.25) is 0 Å². The Balaban J connectivity index is 2.40. The maximum atomic E-state index is 9.45. The Bertz CT molecular complexity index is 499. The van der Waals surface area contributed by atoms with Crippen molar-refractivity contribution in [2.45, 2.75) is 12.3 Å². The minimum atomic E-state index is 0.0364. The second kappa shape index (κ2) is 4.58. The molecule has 84 valence electrons. The molecule has 16 heavy (non-hydrogen) atoms. The first-order valence-corrected chi connectivity index (χ1v) is 5.56. The van der Waals surface area contributed by atoms with E-state index in [1.54, 1.807) is 18.3 Å². The number of fused-ring (bicyclic) bond motifs is 1. The first kappa shape index (κ1) is 11.0. The van der Waals surface area contributed by atoms with Crippen LogP contribution in [0.15, 0.2) is 30.5 Å². The Labute approximate surface area is 99.1 Å². The van der Waals surface area contributed by atoms with Crippen LogP contribution in [0.25, 0.3) is 10.8 Å². The van der Waals surface area contributed by atoms with Crippen LogP contribution in [-0.2, 0) is 0 Å². The SMILES string of the molecule is CC(Cl)CNc1nccc2ccc(O)cc12. The Morgan fingerprint density at radius 1 is 1.44 bits per heavy atom. The van der Waals surface area contributed by atoms with E-state index in [0.717, 1.165) is 16.6 Å². The van der Waals surface area contributed by atoms with Crippen LogP contribution in [0, 0.1) is 0 Å². The first-order valence-electron chi connectivity index (χ1n) is 5.12. The largest absolute Gasteiger partial charge is 0.508 e. The molecule has 3 nitrogen and oxygen atoms in total. The quantitative estimate of drug-likeness (QED) is 0.806. The van der Waals surface area contributed by atoms with Crippen LogP contribution in [0.4, 0.5) is 5.82 Å². The van der Waals surface area contributed by atoms with Crippen molar-refractivity contribution in [3.63, 3.8) is 0 Å². The van der Waals surface area contributed by atoms with E-state index in [0.29, 0.717) is 6.54 Å². The molecule has 0 saturated carbocycles. The van der Waals surface area contributed by atoms with E-state index in [2.05, 4.69) is 10.3 Å². The number of alkyl halides is 1. The molecule has 2 N–H and O–H groups in total.